The molecular formula is C15H19N3O2. The Morgan fingerprint density at radius 1 is 1.40 bits per heavy atom. The third-order valence-electron chi connectivity index (χ3n) is 4.28. The van der Waals surface area contributed by atoms with Gasteiger partial charge in [0.05, 0.1) is 11.7 Å². The summed E-state index contributed by atoms with van der Waals surface area (Å²) in [7, 11) is 0. The molecule has 1 saturated carbocycles. The fourth-order valence-corrected chi connectivity index (χ4v) is 3.03. The Balaban J connectivity index is 1.63. The minimum absolute atomic E-state index is 0.0647. The van der Waals surface area contributed by atoms with Crippen LogP contribution in [-0.4, -0.2) is 34.4 Å². The van der Waals surface area contributed by atoms with Crippen LogP contribution in [0.5, 0.6) is 0 Å². The summed E-state index contributed by atoms with van der Waals surface area (Å²) >= 11 is 0. The van der Waals surface area contributed by atoms with Gasteiger partial charge in [-0.05, 0) is 36.8 Å². The number of nitrogens with zero attached hydrogens (tertiary/aromatic N) is 1. The molecule has 1 aromatic heterocycles. The van der Waals surface area contributed by atoms with Crippen molar-refractivity contribution in [3.8, 4) is 0 Å². The number of aliphatic hydroxyl groups is 1. The van der Waals surface area contributed by atoms with Crippen molar-refractivity contribution in [1.29, 1.82) is 0 Å². The van der Waals surface area contributed by atoms with Crippen LogP contribution in [0, 0.1) is 11.8 Å². The standard InChI is InChI=1S/C15H19N3O2/c19-9-13-3-1-2-11(13)7-16-15(20)10-4-5-12-8-17-18-14(12)6-10/h4-6,8,11,13,19H,1-3,7,9H2,(H,16,20)(H,17,18). The number of carbonyl (C=O) groups excluding carboxylic acids is 1. The number of H-pyrrole nitrogens is 1. The Morgan fingerprint density at radius 3 is 3.10 bits per heavy atom. The topological polar surface area (TPSA) is 78.0 Å². The van der Waals surface area contributed by atoms with Crippen molar-refractivity contribution < 1.29 is 9.90 Å². The Labute approximate surface area is 117 Å². The number of fused-ring (bicyclic) bond motifs is 1. The van der Waals surface area contributed by atoms with E-state index in [0.717, 1.165) is 30.2 Å². The van der Waals surface area contributed by atoms with Crippen molar-refractivity contribution in [2.24, 2.45) is 11.8 Å². The van der Waals surface area contributed by atoms with Crippen LogP contribution in [0.2, 0.25) is 0 Å². The zero-order valence-electron chi connectivity index (χ0n) is 11.3. The molecule has 1 aliphatic rings. The minimum atomic E-state index is -0.0647. The molecule has 3 N–H and O–H groups in total. The van der Waals surface area contributed by atoms with Gasteiger partial charge in [-0.3, -0.25) is 9.89 Å². The number of aromatic nitrogens is 2. The molecule has 2 unspecified atom stereocenters. The monoisotopic (exact) mass is 273 g/mol. The molecule has 0 saturated heterocycles. The molecule has 5 nitrogen and oxygen atoms in total. The van der Waals surface area contributed by atoms with E-state index < -0.39 is 0 Å². The Kier molecular flexibility index (Phi) is 3.69. The van der Waals surface area contributed by atoms with E-state index in [1.807, 2.05) is 18.2 Å². The smallest absolute Gasteiger partial charge is 0.251 e. The van der Waals surface area contributed by atoms with Gasteiger partial charge in [-0.25, -0.2) is 0 Å². The summed E-state index contributed by atoms with van der Waals surface area (Å²) in [6.45, 7) is 0.867. The van der Waals surface area contributed by atoms with E-state index >= 15 is 0 Å². The summed E-state index contributed by atoms with van der Waals surface area (Å²) < 4.78 is 0. The first-order valence-electron chi connectivity index (χ1n) is 7.10. The second-order valence-electron chi connectivity index (χ2n) is 5.52. The number of carbonyl (C=O) groups is 1. The molecule has 1 fully saturated rings. The average molecular weight is 273 g/mol. The predicted molar refractivity (Wildman–Crippen MR) is 76.3 cm³/mol. The normalized spacial score (nSPS) is 22.2. The summed E-state index contributed by atoms with van der Waals surface area (Å²) in [6.07, 6.45) is 5.04. The lowest BCUT2D eigenvalue weighted by Gasteiger charge is -2.17. The SMILES string of the molecule is O=C(NCC1CCCC1CO)c1ccc2cn[nH]c2c1. The van der Waals surface area contributed by atoms with Gasteiger partial charge in [-0.15, -0.1) is 0 Å². The quantitative estimate of drug-likeness (QED) is 0.793. The van der Waals surface area contributed by atoms with Gasteiger partial charge in [0.1, 0.15) is 0 Å². The van der Waals surface area contributed by atoms with E-state index in [1.54, 1.807) is 6.20 Å². The number of rotatable bonds is 4. The first-order valence-corrected chi connectivity index (χ1v) is 7.10. The van der Waals surface area contributed by atoms with Crippen LogP contribution in [0.1, 0.15) is 29.6 Å². The molecule has 106 valence electrons. The molecule has 0 aliphatic heterocycles. The summed E-state index contributed by atoms with van der Waals surface area (Å²) in [6, 6.07) is 5.51. The molecule has 1 amide bonds. The molecule has 0 radical (unpaired) electrons. The van der Waals surface area contributed by atoms with E-state index in [9.17, 15) is 9.90 Å². The number of aromatic amines is 1. The Morgan fingerprint density at radius 2 is 2.25 bits per heavy atom. The minimum Gasteiger partial charge on any atom is -0.396 e. The highest BCUT2D eigenvalue weighted by molar-refractivity contribution is 5.97. The fraction of sp³-hybridized carbons (Fsp3) is 0.467. The predicted octanol–water partition coefficient (Wildman–Crippen LogP) is 1.70. The van der Waals surface area contributed by atoms with Gasteiger partial charge in [0.2, 0.25) is 0 Å². The number of amides is 1. The molecule has 2 aromatic rings. The number of benzene rings is 1. The highest BCUT2D eigenvalue weighted by atomic mass is 16.3. The lowest BCUT2D eigenvalue weighted by Crippen LogP contribution is -2.31. The summed E-state index contributed by atoms with van der Waals surface area (Å²) in [5.41, 5.74) is 1.51. The van der Waals surface area contributed by atoms with Crippen molar-refractivity contribution in [1.82, 2.24) is 15.5 Å². The average Bonchev–Trinajstić information content (AvgIpc) is 3.12. The van der Waals surface area contributed by atoms with Crippen LogP contribution >= 0.6 is 0 Å². The molecule has 1 aliphatic carbocycles. The molecule has 1 aromatic carbocycles. The van der Waals surface area contributed by atoms with Crippen LogP contribution in [0.15, 0.2) is 24.4 Å². The van der Waals surface area contributed by atoms with E-state index in [1.165, 1.54) is 0 Å². The van der Waals surface area contributed by atoms with Crippen LogP contribution in [0.4, 0.5) is 0 Å². The van der Waals surface area contributed by atoms with Crippen LogP contribution in [0.25, 0.3) is 10.9 Å². The molecule has 3 rings (SSSR count). The number of hydrogen-bond acceptors (Lipinski definition) is 3. The van der Waals surface area contributed by atoms with Crippen molar-refractivity contribution >= 4 is 16.8 Å². The lowest BCUT2D eigenvalue weighted by atomic mass is 9.97. The molecular weight excluding hydrogens is 254 g/mol. The van der Waals surface area contributed by atoms with Crippen molar-refractivity contribution in [3.63, 3.8) is 0 Å². The Hall–Kier alpha value is -1.88. The fourth-order valence-electron chi connectivity index (χ4n) is 3.03. The molecule has 1 heterocycles. The van der Waals surface area contributed by atoms with E-state index in [4.69, 9.17) is 0 Å². The van der Waals surface area contributed by atoms with Crippen LogP contribution in [0.3, 0.4) is 0 Å². The molecule has 20 heavy (non-hydrogen) atoms. The zero-order valence-corrected chi connectivity index (χ0v) is 11.3. The summed E-state index contributed by atoms with van der Waals surface area (Å²) in [5, 5.41) is 20.1. The molecule has 5 heteroatoms. The number of hydrogen-bond donors (Lipinski definition) is 3. The second kappa shape index (κ2) is 5.63. The largest absolute Gasteiger partial charge is 0.396 e. The highest BCUT2D eigenvalue weighted by Crippen LogP contribution is 2.30. The van der Waals surface area contributed by atoms with Gasteiger partial charge >= 0.3 is 0 Å². The number of nitrogens with one attached hydrogen (secondary N) is 2. The van der Waals surface area contributed by atoms with Crippen LogP contribution < -0.4 is 5.32 Å². The maximum atomic E-state index is 12.2. The van der Waals surface area contributed by atoms with E-state index in [0.29, 0.717) is 23.9 Å². The van der Waals surface area contributed by atoms with E-state index in [-0.39, 0.29) is 12.5 Å². The Bertz CT molecular complexity index is 608. The summed E-state index contributed by atoms with van der Waals surface area (Å²) in [4.78, 5) is 12.2. The van der Waals surface area contributed by atoms with Crippen LogP contribution in [-0.2, 0) is 0 Å². The number of aliphatic hydroxyl groups excluding tert-OH is 1. The molecule has 0 spiro atoms. The van der Waals surface area contributed by atoms with Gasteiger partial charge in [-0.2, -0.15) is 5.10 Å². The lowest BCUT2D eigenvalue weighted by molar-refractivity contribution is 0.0938. The van der Waals surface area contributed by atoms with Gasteiger partial charge in [0, 0.05) is 24.1 Å². The second-order valence-corrected chi connectivity index (χ2v) is 5.52. The molecule has 2 atom stereocenters. The van der Waals surface area contributed by atoms with Crippen molar-refractivity contribution in [2.45, 2.75) is 19.3 Å². The third-order valence-corrected chi connectivity index (χ3v) is 4.28. The van der Waals surface area contributed by atoms with Gasteiger partial charge in [0.15, 0.2) is 0 Å². The third kappa shape index (κ3) is 2.54. The maximum absolute atomic E-state index is 12.2. The van der Waals surface area contributed by atoms with Crippen molar-refractivity contribution in [3.05, 3.63) is 30.0 Å². The molecule has 0 bridgehead atoms. The van der Waals surface area contributed by atoms with Crippen molar-refractivity contribution in [2.75, 3.05) is 13.2 Å². The first kappa shape index (κ1) is 13.1. The first-order chi connectivity index (χ1) is 9.78. The van der Waals surface area contributed by atoms with Gasteiger partial charge in [-0.1, -0.05) is 12.5 Å². The van der Waals surface area contributed by atoms with Gasteiger partial charge in [0.25, 0.3) is 5.91 Å². The highest BCUT2D eigenvalue weighted by Gasteiger charge is 2.26. The summed E-state index contributed by atoms with van der Waals surface area (Å²) in [5.74, 6) is 0.676. The van der Waals surface area contributed by atoms with E-state index in [2.05, 4.69) is 15.5 Å². The maximum Gasteiger partial charge on any atom is 0.251 e. The zero-order chi connectivity index (χ0) is 13.9. The van der Waals surface area contributed by atoms with Gasteiger partial charge < -0.3 is 10.4 Å².